The number of hydrogen-bond donors (Lipinski definition) is 1. The molecule has 1 radical (unpaired) electrons. The zero-order valence-corrected chi connectivity index (χ0v) is 9.07. The van der Waals surface area contributed by atoms with Crippen molar-refractivity contribution in [1.82, 2.24) is 14.5 Å². The number of nitrogens with zero attached hydrogens (tertiary/aromatic N) is 2. The lowest BCUT2D eigenvalue weighted by atomic mass is 10.2. The summed E-state index contributed by atoms with van der Waals surface area (Å²) in [6.07, 6.45) is 3.77. The van der Waals surface area contributed by atoms with E-state index in [0.29, 0.717) is 0 Å². The van der Waals surface area contributed by atoms with E-state index in [-0.39, 0.29) is 0 Å². The van der Waals surface area contributed by atoms with Crippen molar-refractivity contribution in [2.75, 3.05) is 0 Å². The minimum atomic E-state index is 0.873. The second-order valence-electron chi connectivity index (χ2n) is 3.93. The quantitative estimate of drug-likeness (QED) is 0.692. The van der Waals surface area contributed by atoms with Gasteiger partial charge in [-0.2, -0.15) is 0 Å². The summed E-state index contributed by atoms with van der Waals surface area (Å²) in [6, 6.07) is 11.4. The van der Waals surface area contributed by atoms with Gasteiger partial charge in [-0.3, -0.25) is 0 Å². The summed E-state index contributed by atoms with van der Waals surface area (Å²) < 4.78 is 2.17. The Morgan fingerprint density at radius 3 is 3.19 bits per heavy atom. The fraction of sp³-hybridized carbons (Fsp3) is 0.154. The average molecular weight is 210 g/mol. The number of hydrogen-bond acceptors (Lipinski definition) is 1. The monoisotopic (exact) mass is 210 g/mol. The fourth-order valence-corrected chi connectivity index (χ4v) is 1.89. The van der Waals surface area contributed by atoms with Crippen LogP contribution in [0.4, 0.5) is 0 Å². The molecule has 2 heterocycles. The number of fused-ring (bicyclic) bond motifs is 1. The number of aromatic nitrogens is 3. The Hall–Kier alpha value is -2.03. The highest BCUT2D eigenvalue weighted by Gasteiger charge is 2.00. The van der Waals surface area contributed by atoms with E-state index < -0.39 is 0 Å². The van der Waals surface area contributed by atoms with Crippen molar-refractivity contribution < 1.29 is 0 Å². The first-order valence-corrected chi connectivity index (χ1v) is 5.28. The summed E-state index contributed by atoms with van der Waals surface area (Å²) in [5.41, 5.74) is 4.51. The Bertz CT molecular complexity index is 619. The molecule has 0 saturated carbocycles. The van der Waals surface area contributed by atoms with Gasteiger partial charge in [0.1, 0.15) is 0 Å². The van der Waals surface area contributed by atoms with Crippen LogP contribution in [0.1, 0.15) is 11.3 Å². The van der Waals surface area contributed by atoms with Gasteiger partial charge < -0.3 is 9.55 Å². The number of benzene rings is 1. The molecule has 0 aliphatic heterocycles. The van der Waals surface area contributed by atoms with Crippen molar-refractivity contribution in [1.29, 1.82) is 0 Å². The first-order chi connectivity index (χ1) is 7.83. The fourth-order valence-electron chi connectivity index (χ4n) is 1.89. The normalized spacial score (nSPS) is 11.1. The van der Waals surface area contributed by atoms with Gasteiger partial charge in [-0.25, -0.2) is 4.98 Å². The second-order valence-corrected chi connectivity index (χ2v) is 3.93. The van der Waals surface area contributed by atoms with Crippen LogP contribution in [0.25, 0.3) is 11.0 Å². The molecule has 79 valence electrons. The molecule has 3 aromatic rings. The molecule has 0 spiro atoms. The Morgan fingerprint density at radius 2 is 2.38 bits per heavy atom. The lowest BCUT2D eigenvalue weighted by Crippen LogP contribution is -1.99. The molecule has 0 atom stereocenters. The molecule has 16 heavy (non-hydrogen) atoms. The van der Waals surface area contributed by atoms with Gasteiger partial charge in [-0.15, -0.1) is 0 Å². The summed E-state index contributed by atoms with van der Waals surface area (Å²) in [7, 11) is 0. The van der Waals surface area contributed by atoms with Gasteiger partial charge in [-0.05, 0) is 30.7 Å². The SMILES string of the molecule is Cc1[c]ccn1Cc1ccc2[nH]cnc2c1. The van der Waals surface area contributed by atoms with Gasteiger partial charge in [0.25, 0.3) is 0 Å². The summed E-state index contributed by atoms with van der Waals surface area (Å²) in [5.74, 6) is 0. The van der Waals surface area contributed by atoms with Crippen LogP contribution in [0, 0.1) is 13.0 Å². The average Bonchev–Trinajstić information content (AvgIpc) is 2.88. The molecular weight excluding hydrogens is 198 g/mol. The zero-order valence-electron chi connectivity index (χ0n) is 9.07. The van der Waals surface area contributed by atoms with Crippen molar-refractivity contribution in [3.05, 3.63) is 54.1 Å². The standard InChI is InChI=1S/C13H12N3/c1-10-3-2-6-16(10)8-11-4-5-12-13(7-11)15-9-14-12/h2,4-7,9H,8H2,1H3,(H,14,15). The Balaban J connectivity index is 1.97. The zero-order chi connectivity index (χ0) is 11.0. The number of aromatic amines is 1. The highest BCUT2D eigenvalue weighted by molar-refractivity contribution is 5.75. The Morgan fingerprint density at radius 1 is 1.44 bits per heavy atom. The molecule has 3 rings (SSSR count). The van der Waals surface area contributed by atoms with Crippen molar-refractivity contribution in [3.8, 4) is 0 Å². The molecule has 0 unspecified atom stereocenters. The van der Waals surface area contributed by atoms with Gasteiger partial charge >= 0.3 is 0 Å². The third-order valence-corrected chi connectivity index (χ3v) is 2.82. The molecule has 0 fully saturated rings. The van der Waals surface area contributed by atoms with Crippen molar-refractivity contribution >= 4 is 11.0 Å². The van der Waals surface area contributed by atoms with Crippen LogP contribution in [-0.4, -0.2) is 14.5 Å². The molecule has 3 heteroatoms. The number of H-pyrrole nitrogens is 1. The molecular formula is C13H12N3. The topological polar surface area (TPSA) is 33.6 Å². The summed E-state index contributed by atoms with van der Waals surface area (Å²) in [6.45, 7) is 2.94. The molecule has 1 aromatic carbocycles. The molecule has 0 aliphatic carbocycles. The van der Waals surface area contributed by atoms with Crippen LogP contribution in [-0.2, 0) is 6.54 Å². The van der Waals surface area contributed by atoms with Crippen LogP contribution in [0.2, 0.25) is 0 Å². The number of nitrogens with one attached hydrogen (secondary N) is 1. The Kier molecular flexibility index (Phi) is 2.03. The van der Waals surface area contributed by atoms with Crippen molar-refractivity contribution in [2.24, 2.45) is 0 Å². The Labute approximate surface area is 93.7 Å². The van der Waals surface area contributed by atoms with E-state index in [9.17, 15) is 0 Å². The van der Waals surface area contributed by atoms with Crippen LogP contribution in [0.3, 0.4) is 0 Å². The van der Waals surface area contributed by atoms with E-state index in [1.807, 2.05) is 12.3 Å². The second kappa shape index (κ2) is 3.52. The first-order valence-electron chi connectivity index (χ1n) is 5.28. The summed E-state index contributed by atoms with van der Waals surface area (Å²) in [5, 5.41) is 0. The lowest BCUT2D eigenvalue weighted by Gasteiger charge is -2.05. The predicted octanol–water partition coefficient (Wildman–Crippen LogP) is 2.52. The van der Waals surface area contributed by atoms with E-state index in [1.165, 1.54) is 5.56 Å². The molecule has 0 amide bonds. The number of imidazole rings is 1. The summed E-state index contributed by atoms with van der Waals surface area (Å²) in [4.78, 5) is 7.35. The molecule has 3 nitrogen and oxygen atoms in total. The van der Waals surface area contributed by atoms with Gasteiger partial charge in [-0.1, -0.05) is 6.07 Å². The smallest absolute Gasteiger partial charge is 0.0931 e. The molecule has 1 N–H and O–H groups in total. The van der Waals surface area contributed by atoms with E-state index in [2.05, 4.69) is 45.7 Å². The predicted molar refractivity (Wildman–Crippen MR) is 63.2 cm³/mol. The molecule has 0 saturated heterocycles. The minimum Gasteiger partial charge on any atom is -0.347 e. The van der Waals surface area contributed by atoms with Gasteiger partial charge in [0.05, 0.1) is 17.4 Å². The van der Waals surface area contributed by atoms with Crippen molar-refractivity contribution in [3.63, 3.8) is 0 Å². The minimum absolute atomic E-state index is 0.873. The van der Waals surface area contributed by atoms with E-state index >= 15 is 0 Å². The van der Waals surface area contributed by atoms with E-state index in [0.717, 1.165) is 23.3 Å². The van der Waals surface area contributed by atoms with E-state index in [4.69, 9.17) is 0 Å². The molecule has 0 aliphatic rings. The largest absolute Gasteiger partial charge is 0.347 e. The number of rotatable bonds is 2. The van der Waals surface area contributed by atoms with Crippen LogP contribution in [0.5, 0.6) is 0 Å². The lowest BCUT2D eigenvalue weighted by molar-refractivity contribution is 0.776. The van der Waals surface area contributed by atoms with E-state index in [1.54, 1.807) is 6.33 Å². The maximum absolute atomic E-state index is 4.26. The van der Waals surface area contributed by atoms with Crippen LogP contribution >= 0.6 is 0 Å². The first kappa shape index (κ1) is 9.21. The van der Waals surface area contributed by atoms with Gasteiger partial charge in [0.15, 0.2) is 0 Å². The molecule has 0 bridgehead atoms. The highest BCUT2D eigenvalue weighted by Crippen LogP contribution is 2.13. The molecule has 2 aromatic heterocycles. The van der Waals surface area contributed by atoms with Crippen LogP contribution < -0.4 is 0 Å². The summed E-state index contributed by atoms with van der Waals surface area (Å²) >= 11 is 0. The van der Waals surface area contributed by atoms with Gasteiger partial charge in [0.2, 0.25) is 0 Å². The van der Waals surface area contributed by atoms with Crippen molar-refractivity contribution in [2.45, 2.75) is 13.5 Å². The van der Waals surface area contributed by atoms with Gasteiger partial charge in [0, 0.05) is 24.5 Å². The highest BCUT2D eigenvalue weighted by atomic mass is 15.0. The maximum atomic E-state index is 4.26. The maximum Gasteiger partial charge on any atom is 0.0931 e. The third kappa shape index (κ3) is 1.50. The third-order valence-electron chi connectivity index (χ3n) is 2.82. The number of aryl methyl sites for hydroxylation is 1. The van der Waals surface area contributed by atoms with Crippen LogP contribution in [0.15, 0.2) is 36.8 Å².